The SMILES string of the molecule is COc1cccc(CN(Cc2ccc3cccnc3c2)c2ccnc(CN3CCCCC3)c2)c1. The number of methoxy groups -OCH3 is 1. The summed E-state index contributed by atoms with van der Waals surface area (Å²) in [5, 5.41) is 1.17. The molecule has 0 unspecified atom stereocenters. The minimum Gasteiger partial charge on any atom is -0.497 e. The standard InChI is InChI=1S/C29H32N4O/c1-34-28-9-5-7-23(17-28)20-33(21-24-10-11-25-8-6-13-31-29(25)18-24)27-12-14-30-26(19-27)22-32-15-3-2-4-16-32/h5-14,17-19H,2-4,15-16,20-22H2,1H3. The van der Waals surface area contributed by atoms with Gasteiger partial charge in [-0.1, -0.05) is 36.8 Å². The molecule has 2 aromatic carbocycles. The van der Waals surface area contributed by atoms with Crippen LogP contribution in [0, 0.1) is 0 Å². The second-order valence-corrected chi connectivity index (χ2v) is 9.08. The fraction of sp³-hybridized carbons (Fsp3) is 0.310. The average Bonchev–Trinajstić information content (AvgIpc) is 2.89. The molecule has 3 heterocycles. The third-order valence-corrected chi connectivity index (χ3v) is 6.55. The monoisotopic (exact) mass is 452 g/mol. The van der Waals surface area contributed by atoms with Gasteiger partial charge in [-0.15, -0.1) is 0 Å². The number of anilines is 1. The zero-order valence-electron chi connectivity index (χ0n) is 19.9. The topological polar surface area (TPSA) is 41.5 Å². The Morgan fingerprint density at radius 1 is 0.824 bits per heavy atom. The van der Waals surface area contributed by atoms with Gasteiger partial charge in [-0.2, -0.15) is 0 Å². The predicted molar refractivity (Wildman–Crippen MR) is 138 cm³/mol. The van der Waals surface area contributed by atoms with E-state index in [0.29, 0.717) is 0 Å². The maximum Gasteiger partial charge on any atom is 0.119 e. The molecule has 0 atom stereocenters. The van der Waals surface area contributed by atoms with Crippen LogP contribution >= 0.6 is 0 Å². The second kappa shape index (κ2) is 10.7. The summed E-state index contributed by atoms with van der Waals surface area (Å²) >= 11 is 0. The highest BCUT2D eigenvalue weighted by molar-refractivity contribution is 5.79. The molecule has 34 heavy (non-hydrogen) atoms. The summed E-state index contributed by atoms with van der Waals surface area (Å²) in [7, 11) is 1.72. The minimum absolute atomic E-state index is 0.782. The molecule has 1 aliphatic rings. The predicted octanol–water partition coefficient (Wildman–Crippen LogP) is 5.83. The van der Waals surface area contributed by atoms with E-state index in [1.807, 2.05) is 24.5 Å². The summed E-state index contributed by atoms with van der Waals surface area (Å²) < 4.78 is 5.47. The molecule has 0 radical (unpaired) electrons. The summed E-state index contributed by atoms with van der Waals surface area (Å²) in [6.45, 7) is 4.83. The Labute approximate surface area is 202 Å². The van der Waals surface area contributed by atoms with Crippen molar-refractivity contribution in [3.05, 3.63) is 95.9 Å². The Morgan fingerprint density at radius 3 is 2.53 bits per heavy atom. The van der Waals surface area contributed by atoms with Crippen molar-refractivity contribution in [1.82, 2.24) is 14.9 Å². The lowest BCUT2D eigenvalue weighted by molar-refractivity contribution is 0.218. The van der Waals surface area contributed by atoms with Gasteiger partial charge in [0.05, 0.1) is 18.3 Å². The van der Waals surface area contributed by atoms with Crippen LogP contribution in [0.2, 0.25) is 0 Å². The zero-order valence-corrected chi connectivity index (χ0v) is 19.9. The van der Waals surface area contributed by atoms with Crippen molar-refractivity contribution in [1.29, 1.82) is 0 Å². The number of aromatic nitrogens is 2. The Hall–Kier alpha value is -3.44. The number of hydrogen-bond donors (Lipinski definition) is 0. The first-order chi connectivity index (χ1) is 16.8. The third kappa shape index (κ3) is 5.54. The van der Waals surface area contributed by atoms with Gasteiger partial charge in [0.2, 0.25) is 0 Å². The van der Waals surface area contributed by atoms with Crippen molar-refractivity contribution in [3.8, 4) is 5.75 Å². The van der Waals surface area contributed by atoms with Crippen LogP contribution in [0.1, 0.15) is 36.1 Å². The smallest absolute Gasteiger partial charge is 0.119 e. The number of hydrogen-bond acceptors (Lipinski definition) is 5. The molecule has 4 aromatic rings. The molecule has 0 N–H and O–H groups in total. The van der Waals surface area contributed by atoms with Gasteiger partial charge in [0.25, 0.3) is 0 Å². The van der Waals surface area contributed by atoms with Crippen LogP contribution in [0.5, 0.6) is 5.75 Å². The highest BCUT2D eigenvalue weighted by atomic mass is 16.5. The van der Waals surface area contributed by atoms with Crippen molar-refractivity contribution in [3.63, 3.8) is 0 Å². The summed E-state index contributed by atoms with van der Waals surface area (Å²) in [6, 6.07) is 23.4. The van der Waals surface area contributed by atoms with Crippen LogP contribution in [0.3, 0.4) is 0 Å². The van der Waals surface area contributed by atoms with Gasteiger partial charge in [0, 0.05) is 43.1 Å². The molecule has 1 saturated heterocycles. The van der Waals surface area contributed by atoms with E-state index < -0.39 is 0 Å². The van der Waals surface area contributed by atoms with E-state index in [1.54, 1.807) is 7.11 Å². The highest BCUT2D eigenvalue weighted by Crippen LogP contribution is 2.24. The number of benzene rings is 2. The van der Waals surface area contributed by atoms with Crippen molar-refractivity contribution in [2.75, 3.05) is 25.1 Å². The number of fused-ring (bicyclic) bond motifs is 1. The Balaban J connectivity index is 1.43. The molecule has 0 bridgehead atoms. The van der Waals surface area contributed by atoms with E-state index in [-0.39, 0.29) is 0 Å². The van der Waals surface area contributed by atoms with Crippen LogP contribution < -0.4 is 9.64 Å². The van der Waals surface area contributed by atoms with Crippen molar-refractivity contribution < 1.29 is 4.74 Å². The molecule has 2 aromatic heterocycles. The number of pyridine rings is 2. The van der Waals surface area contributed by atoms with E-state index in [2.05, 4.69) is 69.4 Å². The van der Waals surface area contributed by atoms with Crippen molar-refractivity contribution in [2.45, 2.75) is 38.9 Å². The lowest BCUT2D eigenvalue weighted by Gasteiger charge is -2.28. The lowest BCUT2D eigenvalue weighted by Crippen LogP contribution is -2.29. The van der Waals surface area contributed by atoms with Crippen molar-refractivity contribution in [2.24, 2.45) is 0 Å². The van der Waals surface area contributed by atoms with E-state index in [1.165, 1.54) is 54.6 Å². The fourth-order valence-electron chi connectivity index (χ4n) is 4.76. The maximum absolute atomic E-state index is 5.47. The quantitative estimate of drug-likeness (QED) is 0.336. The average molecular weight is 453 g/mol. The second-order valence-electron chi connectivity index (χ2n) is 9.08. The molecule has 0 aliphatic carbocycles. The first-order valence-electron chi connectivity index (χ1n) is 12.2. The summed E-state index contributed by atoms with van der Waals surface area (Å²) in [4.78, 5) is 14.2. The number of rotatable bonds is 8. The first-order valence-corrected chi connectivity index (χ1v) is 12.2. The van der Waals surface area contributed by atoms with E-state index in [0.717, 1.165) is 36.6 Å². The van der Waals surface area contributed by atoms with Crippen LogP contribution in [-0.2, 0) is 19.6 Å². The Bertz CT molecular complexity index is 1240. The fourth-order valence-corrected chi connectivity index (χ4v) is 4.76. The molecule has 174 valence electrons. The Kier molecular flexibility index (Phi) is 7.01. The van der Waals surface area contributed by atoms with Gasteiger partial charge in [-0.3, -0.25) is 14.9 Å². The molecule has 0 saturated carbocycles. The van der Waals surface area contributed by atoms with E-state index in [4.69, 9.17) is 9.72 Å². The minimum atomic E-state index is 0.782. The lowest BCUT2D eigenvalue weighted by atomic mass is 10.1. The zero-order chi connectivity index (χ0) is 23.2. The molecular weight excluding hydrogens is 420 g/mol. The summed E-state index contributed by atoms with van der Waals surface area (Å²) in [6.07, 6.45) is 7.74. The summed E-state index contributed by atoms with van der Waals surface area (Å²) in [5.74, 6) is 0.882. The molecule has 0 amide bonds. The normalized spacial score (nSPS) is 14.3. The molecule has 0 spiro atoms. The number of likely N-dealkylation sites (tertiary alicyclic amines) is 1. The van der Waals surface area contributed by atoms with Crippen LogP contribution in [0.4, 0.5) is 5.69 Å². The van der Waals surface area contributed by atoms with Crippen LogP contribution in [-0.4, -0.2) is 35.1 Å². The third-order valence-electron chi connectivity index (χ3n) is 6.55. The molecule has 5 nitrogen and oxygen atoms in total. The summed E-state index contributed by atoms with van der Waals surface area (Å²) in [5.41, 5.74) is 5.80. The molecular formula is C29H32N4O. The van der Waals surface area contributed by atoms with Crippen LogP contribution in [0.15, 0.2) is 79.1 Å². The molecule has 1 fully saturated rings. The molecule has 1 aliphatic heterocycles. The van der Waals surface area contributed by atoms with Gasteiger partial charge in [0.15, 0.2) is 0 Å². The van der Waals surface area contributed by atoms with Gasteiger partial charge < -0.3 is 9.64 Å². The van der Waals surface area contributed by atoms with Gasteiger partial charge in [0.1, 0.15) is 5.75 Å². The largest absolute Gasteiger partial charge is 0.497 e. The van der Waals surface area contributed by atoms with Gasteiger partial charge in [-0.05, 0) is 73.5 Å². The Morgan fingerprint density at radius 2 is 1.68 bits per heavy atom. The van der Waals surface area contributed by atoms with Crippen LogP contribution in [0.25, 0.3) is 10.9 Å². The number of nitrogens with zero attached hydrogens (tertiary/aromatic N) is 4. The van der Waals surface area contributed by atoms with Crippen molar-refractivity contribution >= 4 is 16.6 Å². The number of piperidine rings is 1. The maximum atomic E-state index is 5.47. The molecule has 5 heteroatoms. The van der Waals surface area contributed by atoms with E-state index in [9.17, 15) is 0 Å². The number of ether oxygens (including phenoxy) is 1. The van der Waals surface area contributed by atoms with Gasteiger partial charge >= 0.3 is 0 Å². The highest BCUT2D eigenvalue weighted by Gasteiger charge is 2.14. The van der Waals surface area contributed by atoms with E-state index >= 15 is 0 Å². The first kappa shape index (κ1) is 22.4. The van der Waals surface area contributed by atoms with Gasteiger partial charge in [-0.25, -0.2) is 0 Å². The molecule has 5 rings (SSSR count).